The Hall–Kier alpha value is -2.09. The van der Waals surface area contributed by atoms with Crippen LogP contribution in [0, 0.1) is 11.3 Å². The third-order valence-electron chi connectivity index (χ3n) is 6.11. The molecule has 0 aliphatic heterocycles. The summed E-state index contributed by atoms with van der Waals surface area (Å²) in [7, 11) is 0. The van der Waals surface area contributed by atoms with E-state index in [0.717, 1.165) is 17.0 Å². The number of carbonyl (C=O) groups is 1. The molecule has 2 aromatic carbocycles. The molecular formula is C24H31NO. The average molecular weight is 350 g/mol. The number of rotatable bonds is 5. The molecule has 1 atom stereocenters. The van der Waals surface area contributed by atoms with E-state index >= 15 is 0 Å². The topological polar surface area (TPSA) is 43.1 Å². The lowest BCUT2D eigenvalue weighted by atomic mass is 9.71. The highest BCUT2D eigenvalue weighted by Crippen LogP contribution is 2.41. The van der Waals surface area contributed by atoms with Crippen molar-refractivity contribution in [2.45, 2.75) is 58.8 Å². The quantitative estimate of drug-likeness (QED) is 0.690. The molecule has 26 heavy (non-hydrogen) atoms. The summed E-state index contributed by atoms with van der Waals surface area (Å²) in [6.07, 6.45) is 6.75. The molecule has 0 spiro atoms. The molecule has 0 aromatic heterocycles. The standard InChI is InChI=1S/C24H31NO/c1-17(15-18-11-13-24(2,3)14-12-18)19-7-9-20(10-8-19)21-5-4-6-22(16-21)23(25)26/h4-10,16-18H,11-15H2,1-3H3,(H2,25,26)/t17-/m1/s1. The van der Waals surface area contributed by atoms with Gasteiger partial charge in [-0.3, -0.25) is 4.79 Å². The predicted molar refractivity (Wildman–Crippen MR) is 109 cm³/mol. The van der Waals surface area contributed by atoms with Gasteiger partial charge < -0.3 is 5.73 Å². The normalized spacial score (nSPS) is 18.4. The summed E-state index contributed by atoms with van der Waals surface area (Å²) in [6, 6.07) is 16.3. The summed E-state index contributed by atoms with van der Waals surface area (Å²) in [5.74, 6) is 1.07. The van der Waals surface area contributed by atoms with Gasteiger partial charge in [-0.15, -0.1) is 0 Å². The Morgan fingerprint density at radius 3 is 2.35 bits per heavy atom. The summed E-state index contributed by atoms with van der Waals surface area (Å²) >= 11 is 0. The summed E-state index contributed by atoms with van der Waals surface area (Å²) in [4.78, 5) is 11.4. The van der Waals surface area contributed by atoms with Crippen LogP contribution in [0.5, 0.6) is 0 Å². The second kappa shape index (κ2) is 7.65. The Bertz CT molecular complexity index is 750. The molecule has 1 aliphatic rings. The van der Waals surface area contributed by atoms with Crippen LogP contribution in [0.2, 0.25) is 0 Å². The largest absolute Gasteiger partial charge is 0.366 e. The van der Waals surface area contributed by atoms with Gasteiger partial charge in [-0.2, -0.15) is 0 Å². The Labute approximate surface area is 157 Å². The van der Waals surface area contributed by atoms with E-state index in [1.54, 1.807) is 6.07 Å². The maximum atomic E-state index is 11.4. The lowest BCUT2D eigenvalue weighted by Gasteiger charge is -2.35. The summed E-state index contributed by atoms with van der Waals surface area (Å²) < 4.78 is 0. The van der Waals surface area contributed by atoms with Crippen LogP contribution in [0.4, 0.5) is 0 Å². The second-order valence-corrected chi connectivity index (χ2v) is 8.81. The Morgan fingerprint density at radius 2 is 1.73 bits per heavy atom. The van der Waals surface area contributed by atoms with Gasteiger partial charge in [0.25, 0.3) is 0 Å². The van der Waals surface area contributed by atoms with E-state index in [4.69, 9.17) is 5.73 Å². The van der Waals surface area contributed by atoms with Crippen LogP contribution in [-0.2, 0) is 0 Å². The van der Waals surface area contributed by atoms with Crippen LogP contribution in [-0.4, -0.2) is 5.91 Å². The minimum atomic E-state index is -0.382. The number of nitrogens with two attached hydrogens (primary N) is 1. The zero-order valence-electron chi connectivity index (χ0n) is 16.3. The molecule has 2 N–H and O–H groups in total. The highest BCUT2D eigenvalue weighted by molar-refractivity contribution is 5.94. The molecule has 0 unspecified atom stereocenters. The van der Waals surface area contributed by atoms with Gasteiger partial charge >= 0.3 is 0 Å². The third-order valence-corrected chi connectivity index (χ3v) is 6.11. The van der Waals surface area contributed by atoms with E-state index in [-0.39, 0.29) is 5.91 Å². The van der Waals surface area contributed by atoms with Crippen LogP contribution in [0.15, 0.2) is 48.5 Å². The van der Waals surface area contributed by atoms with Gasteiger partial charge in [-0.1, -0.05) is 57.2 Å². The molecule has 2 nitrogen and oxygen atoms in total. The van der Waals surface area contributed by atoms with Gasteiger partial charge in [0.15, 0.2) is 0 Å². The number of hydrogen-bond donors (Lipinski definition) is 1. The fraction of sp³-hybridized carbons (Fsp3) is 0.458. The smallest absolute Gasteiger partial charge is 0.248 e. The third kappa shape index (κ3) is 4.55. The van der Waals surface area contributed by atoms with Crippen LogP contribution >= 0.6 is 0 Å². The molecule has 0 bridgehead atoms. The fourth-order valence-electron chi connectivity index (χ4n) is 4.19. The number of primary amides is 1. The van der Waals surface area contributed by atoms with Crippen molar-refractivity contribution in [1.29, 1.82) is 0 Å². The first-order valence-electron chi connectivity index (χ1n) is 9.84. The lowest BCUT2D eigenvalue weighted by Crippen LogP contribution is -2.22. The molecule has 2 heteroatoms. The molecule has 0 radical (unpaired) electrons. The van der Waals surface area contributed by atoms with E-state index in [9.17, 15) is 4.79 Å². The molecule has 1 fully saturated rings. The molecule has 1 aliphatic carbocycles. The van der Waals surface area contributed by atoms with Gasteiger partial charge in [0.1, 0.15) is 0 Å². The highest BCUT2D eigenvalue weighted by atomic mass is 16.1. The summed E-state index contributed by atoms with van der Waals surface area (Å²) in [5.41, 5.74) is 10.1. The van der Waals surface area contributed by atoms with E-state index in [2.05, 4.69) is 45.0 Å². The van der Waals surface area contributed by atoms with E-state index in [0.29, 0.717) is 16.9 Å². The van der Waals surface area contributed by atoms with Crippen molar-refractivity contribution in [3.05, 3.63) is 59.7 Å². The van der Waals surface area contributed by atoms with Crippen LogP contribution in [0.3, 0.4) is 0 Å². The Balaban J connectivity index is 1.65. The van der Waals surface area contributed by atoms with Crippen molar-refractivity contribution in [2.24, 2.45) is 17.1 Å². The minimum absolute atomic E-state index is 0.382. The first-order valence-corrected chi connectivity index (χ1v) is 9.84. The van der Waals surface area contributed by atoms with Gasteiger partial charge in [0.2, 0.25) is 5.91 Å². The summed E-state index contributed by atoms with van der Waals surface area (Å²) in [5, 5.41) is 0. The van der Waals surface area contributed by atoms with Crippen molar-refractivity contribution in [3.8, 4) is 11.1 Å². The second-order valence-electron chi connectivity index (χ2n) is 8.81. The highest BCUT2D eigenvalue weighted by Gasteiger charge is 2.27. The van der Waals surface area contributed by atoms with Crippen LogP contribution < -0.4 is 5.73 Å². The molecule has 0 heterocycles. The monoisotopic (exact) mass is 349 g/mol. The maximum Gasteiger partial charge on any atom is 0.248 e. The van der Waals surface area contributed by atoms with E-state index in [1.165, 1.54) is 37.7 Å². The fourth-order valence-corrected chi connectivity index (χ4v) is 4.19. The Kier molecular flexibility index (Phi) is 5.50. The van der Waals surface area contributed by atoms with Gasteiger partial charge in [-0.25, -0.2) is 0 Å². The number of carbonyl (C=O) groups excluding carboxylic acids is 1. The number of benzene rings is 2. The van der Waals surface area contributed by atoms with E-state index in [1.807, 2.05) is 18.2 Å². The first kappa shape index (κ1) is 18.7. The average Bonchev–Trinajstić information content (AvgIpc) is 2.63. The van der Waals surface area contributed by atoms with Gasteiger partial charge in [0, 0.05) is 5.56 Å². The maximum absolute atomic E-state index is 11.4. The van der Waals surface area contributed by atoms with Crippen molar-refractivity contribution in [3.63, 3.8) is 0 Å². The molecular weight excluding hydrogens is 318 g/mol. The molecule has 138 valence electrons. The molecule has 3 rings (SSSR count). The van der Waals surface area contributed by atoms with Gasteiger partial charge in [-0.05, 0) is 78.2 Å². The van der Waals surface area contributed by atoms with Crippen LogP contribution in [0.25, 0.3) is 11.1 Å². The molecule has 1 amide bonds. The lowest BCUT2D eigenvalue weighted by molar-refractivity contribution is 0.100. The van der Waals surface area contributed by atoms with E-state index < -0.39 is 0 Å². The molecule has 0 saturated heterocycles. The van der Waals surface area contributed by atoms with Crippen molar-refractivity contribution in [2.75, 3.05) is 0 Å². The Morgan fingerprint density at radius 1 is 1.08 bits per heavy atom. The summed E-state index contributed by atoms with van der Waals surface area (Å²) in [6.45, 7) is 7.15. The van der Waals surface area contributed by atoms with Crippen molar-refractivity contribution >= 4 is 5.91 Å². The number of amides is 1. The van der Waals surface area contributed by atoms with Crippen LogP contribution in [0.1, 0.15) is 74.7 Å². The number of hydrogen-bond acceptors (Lipinski definition) is 1. The van der Waals surface area contributed by atoms with Crippen molar-refractivity contribution in [1.82, 2.24) is 0 Å². The van der Waals surface area contributed by atoms with Crippen molar-refractivity contribution < 1.29 is 4.79 Å². The zero-order chi connectivity index (χ0) is 18.7. The zero-order valence-corrected chi connectivity index (χ0v) is 16.3. The molecule has 1 saturated carbocycles. The van der Waals surface area contributed by atoms with Gasteiger partial charge in [0.05, 0.1) is 0 Å². The first-order chi connectivity index (χ1) is 12.3. The minimum Gasteiger partial charge on any atom is -0.366 e. The SMILES string of the molecule is C[C@H](CC1CCC(C)(C)CC1)c1ccc(-c2cccc(C(N)=O)c2)cc1. The molecule has 2 aromatic rings. The predicted octanol–water partition coefficient (Wildman–Crippen LogP) is 6.16.